The van der Waals surface area contributed by atoms with Gasteiger partial charge in [-0.25, -0.2) is 4.98 Å². The minimum absolute atomic E-state index is 0.329. The third-order valence-corrected chi connectivity index (χ3v) is 5.45. The third kappa shape index (κ3) is 3.76. The van der Waals surface area contributed by atoms with Crippen LogP contribution in [0.3, 0.4) is 0 Å². The Labute approximate surface area is 183 Å². The number of alkyl halides is 3. The van der Waals surface area contributed by atoms with Gasteiger partial charge in [0.25, 0.3) is 0 Å². The standard InChI is InChI=1S/C24H22F3N5/c1-3-29-12-13-30-22-15(2)21(16-8-10-17(11-9-16)24(25,26)27)18(14-28)23-31-19-6-4-5-7-20(19)32(22)23/h4-11,29-30H,3,12-13H2,1-2H3. The summed E-state index contributed by atoms with van der Waals surface area (Å²) in [5, 5.41) is 16.7. The first-order valence-corrected chi connectivity index (χ1v) is 10.3. The van der Waals surface area contributed by atoms with Crippen LogP contribution in [0.5, 0.6) is 0 Å². The van der Waals surface area contributed by atoms with Crippen LogP contribution in [-0.4, -0.2) is 29.0 Å². The molecule has 2 heterocycles. The SMILES string of the molecule is CCNCCNc1c(C)c(-c2ccc(C(F)(F)F)cc2)c(C#N)c2nc3ccccc3n12. The molecule has 0 atom stereocenters. The summed E-state index contributed by atoms with van der Waals surface area (Å²) in [5.41, 5.74) is 3.55. The molecule has 2 aromatic heterocycles. The van der Waals surface area contributed by atoms with E-state index in [-0.39, 0.29) is 0 Å². The average Bonchev–Trinajstić information content (AvgIpc) is 3.16. The van der Waals surface area contributed by atoms with Gasteiger partial charge < -0.3 is 10.6 Å². The molecule has 4 aromatic rings. The minimum atomic E-state index is -4.42. The van der Waals surface area contributed by atoms with Gasteiger partial charge in [-0.15, -0.1) is 0 Å². The second-order valence-electron chi connectivity index (χ2n) is 7.45. The van der Waals surface area contributed by atoms with Gasteiger partial charge in [-0.05, 0) is 48.9 Å². The summed E-state index contributed by atoms with van der Waals surface area (Å²) in [6.07, 6.45) is -4.42. The lowest BCUT2D eigenvalue weighted by atomic mass is 9.95. The van der Waals surface area contributed by atoms with Crippen molar-refractivity contribution >= 4 is 22.5 Å². The molecule has 0 aliphatic carbocycles. The van der Waals surface area contributed by atoms with Gasteiger partial charge >= 0.3 is 6.18 Å². The monoisotopic (exact) mass is 437 g/mol. The van der Waals surface area contributed by atoms with Gasteiger partial charge in [-0.1, -0.05) is 31.2 Å². The maximum absolute atomic E-state index is 13.1. The molecular formula is C24H22F3N5. The van der Waals surface area contributed by atoms with Crippen LogP contribution in [0.25, 0.3) is 27.8 Å². The first-order valence-electron chi connectivity index (χ1n) is 10.3. The summed E-state index contributed by atoms with van der Waals surface area (Å²) in [7, 11) is 0. The van der Waals surface area contributed by atoms with Gasteiger partial charge in [0.15, 0.2) is 5.65 Å². The lowest BCUT2D eigenvalue weighted by molar-refractivity contribution is -0.137. The van der Waals surface area contributed by atoms with Crippen molar-refractivity contribution in [3.8, 4) is 17.2 Å². The van der Waals surface area contributed by atoms with Crippen LogP contribution >= 0.6 is 0 Å². The second-order valence-corrected chi connectivity index (χ2v) is 7.45. The number of fused-ring (bicyclic) bond motifs is 3. The van der Waals surface area contributed by atoms with Crippen LogP contribution in [0.2, 0.25) is 0 Å². The molecule has 5 nitrogen and oxygen atoms in total. The van der Waals surface area contributed by atoms with E-state index in [0.717, 1.165) is 47.6 Å². The average molecular weight is 437 g/mol. The Morgan fingerprint density at radius 2 is 1.78 bits per heavy atom. The molecule has 0 unspecified atom stereocenters. The van der Waals surface area contributed by atoms with E-state index in [2.05, 4.69) is 21.7 Å². The number of hydrogen-bond donors (Lipinski definition) is 2. The highest BCUT2D eigenvalue weighted by atomic mass is 19.4. The number of benzene rings is 2. The van der Waals surface area contributed by atoms with Crippen LogP contribution < -0.4 is 10.6 Å². The number of anilines is 1. The highest BCUT2D eigenvalue weighted by molar-refractivity contribution is 5.91. The number of nitrogens with one attached hydrogen (secondary N) is 2. The van der Waals surface area contributed by atoms with Crippen molar-refractivity contribution < 1.29 is 13.2 Å². The highest BCUT2D eigenvalue weighted by Gasteiger charge is 2.30. The van der Waals surface area contributed by atoms with Crippen LogP contribution in [0.4, 0.5) is 19.0 Å². The summed E-state index contributed by atoms with van der Waals surface area (Å²) < 4.78 is 41.1. The number of para-hydroxylation sites is 2. The van der Waals surface area contributed by atoms with Crippen molar-refractivity contribution in [2.75, 3.05) is 25.0 Å². The van der Waals surface area contributed by atoms with E-state index in [1.54, 1.807) is 0 Å². The molecule has 0 aliphatic rings. The van der Waals surface area contributed by atoms with Gasteiger partial charge in [0.1, 0.15) is 17.5 Å². The molecule has 8 heteroatoms. The molecule has 0 radical (unpaired) electrons. The van der Waals surface area contributed by atoms with E-state index < -0.39 is 11.7 Å². The molecule has 0 spiro atoms. The number of hydrogen-bond acceptors (Lipinski definition) is 4. The van der Waals surface area contributed by atoms with E-state index in [1.807, 2.05) is 42.5 Å². The molecule has 0 saturated heterocycles. The molecule has 0 amide bonds. The van der Waals surface area contributed by atoms with E-state index in [9.17, 15) is 18.4 Å². The van der Waals surface area contributed by atoms with E-state index >= 15 is 0 Å². The Balaban J connectivity index is 1.97. The Kier molecular flexibility index (Phi) is 5.76. The number of nitriles is 1. The Hall–Kier alpha value is -3.57. The Bertz CT molecular complexity index is 1310. The first kappa shape index (κ1) is 21.7. The van der Waals surface area contributed by atoms with Gasteiger partial charge in [0, 0.05) is 18.7 Å². The number of halogens is 3. The van der Waals surface area contributed by atoms with E-state index in [4.69, 9.17) is 0 Å². The smallest absolute Gasteiger partial charge is 0.370 e. The molecule has 32 heavy (non-hydrogen) atoms. The predicted molar refractivity (Wildman–Crippen MR) is 120 cm³/mol. The number of aromatic nitrogens is 2. The fourth-order valence-electron chi connectivity index (χ4n) is 3.96. The molecule has 164 valence electrons. The van der Waals surface area contributed by atoms with Gasteiger partial charge in [-0.2, -0.15) is 18.4 Å². The molecular weight excluding hydrogens is 415 g/mol. The Morgan fingerprint density at radius 3 is 2.44 bits per heavy atom. The van der Waals surface area contributed by atoms with E-state index in [0.29, 0.717) is 28.9 Å². The van der Waals surface area contributed by atoms with Gasteiger partial charge in [0.05, 0.1) is 16.6 Å². The van der Waals surface area contributed by atoms with Gasteiger partial charge in [-0.3, -0.25) is 4.40 Å². The van der Waals surface area contributed by atoms with Crippen LogP contribution in [0.1, 0.15) is 23.6 Å². The third-order valence-electron chi connectivity index (χ3n) is 5.45. The quantitative estimate of drug-likeness (QED) is 0.398. The lowest BCUT2D eigenvalue weighted by Gasteiger charge is -2.19. The van der Waals surface area contributed by atoms with Crippen molar-refractivity contribution in [1.29, 1.82) is 5.26 Å². The molecule has 4 rings (SSSR count). The predicted octanol–water partition coefficient (Wildman–Crippen LogP) is 5.37. The number of rotatable bonds is 6. The summed E-state index contributed by atoms with van der Waals surface area (Å²) in [5.74, 6) is 0.764. The zero-order chi connectivity index (χ0) is 22.9. The number of imidazole rings is 1. The molecule has 0 bridgehead atoms. The zero-order valence-corrected chi connectivity index (χ0v) is 17.7. The summed E-state index contributed by atoms with van der Waals surface area (Å²) in [6, 6.07) is 14.7. The molecule has 0 saturated carbocycles. The maximum atomic E-state index is 13.1. The molecule has 0 fully saturated rings. The highest BCUT2D eigenvalue weighted by Crippen LogP contribution is 2.38. The van der Waals surface area contributed by atoms with Crippen LogP contribution in [-0.2, 0) is 6.18 Å². The number of likely N-dealkylation sites (N-methyl/N-ethyl adjacent to an activating group) is 1. The lowest BCUT2D eigenvalue weighted by Crippen LogP contribution is -2.23. The van der Waals surface area contributed by atoms with Crippen molar-refractivity contribution in [1.82, 2.24) is 14.7 Å². The van der Waals surface area contributed by atoms with Crippen molar-refractivity contribution in [3.63, 3.8) is 0 Å². The fraction of sp³-hybridized carbons (Fsp3) is 0.250. The second kappa shape index (κ2) is 8.52. The fourth-order valence-corrected chi connectivity index (χ4v) is 3.96. The summed E-state index contributed by atoms with van der Waals surface area (Å²) in [4.78, 5) is 4.68. The Morgan fingerprint density at radius 1 is 1.06 bits per heavy atom. The molecule has 2 aromatic carbocycles. The van der Waals surface area contributed by atoms with Gasteiger partial charge in [0.2, 0.25) is 0 Å². The minimum Gasteiger partial charge on any atom is -0.370 e. The van der Waals surface area contributed by atoms with Crippen molar-refractivity contribution in [2.24, 2.45) is 0 Å². The number of nitrogens with zero attached hydrogens (tertiary/aromatic N) is 3. The van der Waals surface area contributed by atoms with Crippen molar-refractivity contribution in [3.05, 3.63) is 65.2 Å². The van der Waals surface area contributed by atoms with Crippen LogP contribution in [0.15, 0.2) is 48.5 Å². The molecule has 2 N–H and O–H groups in total. The first-order chi connectivity index (χ1) is 15.4. The van der Waals surface area contributed by atoms with Crippen molar-refractivity contribution in [2.45, 2.75) is 20.0 Å². The largest absolute Gasteiger partial charge is 0.416 e. The number of pyridine rings is 1. The van der Waals surface area contributed by atoms with E-state index in [1.165, 1.54) is 12.1 Å². The summed E-state index contributed by atoms with van der Waals surface area (Å²) >= 11 is 0. The normalized spacial score (nSPS) is 11.8. The molecule has 0 aliphatic heterocycles. The maximum Gasteiger partial charge on any atom is 0.416 e. The zero-order valence-electron chi connectivity index (χ0n) is 17.7. The summed E-state index contributed by atoms with van der Waals surface area (Å²) in [6.45, 7) is 6.11. The van der Waals surface area contributed by atoms with Crippen LogP contribution in [0, 0.1) is 18.3 Å². The topological polar surface area (TPSA) is 65.1 Å².